The molecule has 1 atom stereocenters. The number of rotatable bonds is 12. The van der Waals surface area contributed by atoms with E-state index in [1.807, 2.05) is 12.2 Å². The van der Waals surface area contributed by atoms with Gasteiger partial charge in [0.2, 0.25) is 0 Å². The van der Waals surface area contributed by atoms with E-state index in [-0.39, 0.29) is 12.4 Å². The van der Waals surface area contributed by atoms with E-state index < -0.39 is 6.10 Å². The van der Waals surface area contributed by atoms with Crippen molar-refractivity contribution in [2.24, 2.45) is 0 Å². The molecule has 1 rings (SSSR count). The lowest BCUT2D eigenvalue weighted by atomic mass is 10.1. The molecule has 1 N–H and O–H groups in total. The number of ether oxygens (including phenoxy) is 1. The lowest BCUT2D eigenvalue weighted by Crippen LogP contribution is -2.14. The van der Waals surface area contributed by atoms with Crippen LogP contribution < -0.4 is 4.74 Å². The first kappa shape index (κ1) is 19.4. The van der Waals surface area contributed by atoms with Crippen LogP contribution in [0.25, 0.3) is 0 Å². The fourth-order valence-corrected chi connectivity index (χ4v) is 2.18. The Kier molecular flexibility index (Phi) is 10.9. The largest absolute Gasteiger partial charge is 0.491 e. The zero-order valence-electron chi connectivity index (χ0n) is 14.1. The van der Waals surface area contributed by atoms with Crippen LogP contribution in [0.1, 0.15) is 51.9 Å². The van der Waals surface area contributed by atoms with Gasteiger partial charge < -0.3 is 9.84 Å². The van der Waals surface area contributed by atoms with Crippen LogP contribution in [0.15, 0.2) is 48.6 Å². The molecular weight excluding hydrogens is 291 g/mol. The Morgan fingerprint density at radius 3 is 2.48 bits per heavy atom. The molecule has 0 aromatic heterocycles. The van der Waals surface area contributed by atoms with E-state index in [4.69, 9.17) is 4.74 Å². The summed E-state index contributed by atoms with van der Waals surface area (Å²) in [6.07, 6.45) is 15.9. The van der Waals surface area contributed by atoms with Crippen LogP contribution in [0.4, 0.5) is 4.39 Å². The van der Waals surface area contributed by atoms with E-state index in [2.05, 4.69) is 13.0 Å². The molecule has 0 heterocycles. The molecule has 0 unspecified atom stereocenters. The van der Waals surface area contributed by atoms with Crippen molar-refractivity contribution in [3.8, 4) is 5.75 Å². The topological polar surface area (TPSA) is 29.5 Å². The van der Waals surface area contributed by atoms with Gasteiger partial charge in [0.1, 0.15) is 24.3 Å². The summed E-state index contributed by atoms with van der Waals surface area (Å²) in [7, 11) is 0. The van der Waals surface area contributed by atoms with Gasteiger partial charge in [-0.15, -0.1) is 0 Å². The van der Waals surface area contributed by atoms with Crippen molar-refractivity contribution in [3.05, 3.63) is 54.4 Å². The number of hydrogen-bond donors (Lipinski definition) is 1. The second-order valence-corrected chi connectivity index (χ2v) is 5.70. The van der Waals surface area contributed by atoms with Gasteiger partial charge in [0.25, 0.3) is 0 Å². The normalized spacial score (nSPS) is 13.0. The SMILES string of the molecule is CCCCCCCC/C=C\C=C\[C@@H](O)COc1ccc(F)cc1. The minimum absolute atomic E-state index is 0.160. The number of unbranched alkanes of at least 4 members (excludes halogenated alkanes) is 6. The molecular formula is C20H29FO2. The van der Waals surface area contributed by atoms with E-state index >= 15 is 0 Å². The van der Waals surface area contributed by atoms with Crippen LogP contribution in [0.2, 0.25) is 0 Å². The lowest BCUT2D eigenvalue weighted by molar-refractivity contribution is 0.144. The highest BCUT2D eigenvalue weighted by Gasteiger charge is 2.00. The Morgan fingerprint density at radius 1 is 1.04 bits per heavy atom. The van der Waals surface area contributed by atoms with Gasteiger partial charge in [-0.1, -0.05) is 63.3 Å². The quantitative estimate of drug-likeness (QED) is 0.411. The van der Waals surface area contributed by atoms with E-state index in [0.717, 1.165) is 6.42 Å². The monoisotopic (exact) mass is 320 g/mol. The maximum absolute atomic E-state index is 12.7. The van der Waals surface area contributed by atoms with Crippen LogP contribution in [0, 0.1) is 5.82 Å². The average molecular weight is 320 g/mol. The summed E-state index contributed by atoms with van der Waals surface area (Å²) in [6.45, 7) is 2.39. The Labute approximate surface area is 139 Å². The molecule has 0 aliphatic rings. The molecule has 0 fully saturated rings. The highest BCUT2D eigenvalue weighted by atomic mass is 19.1. The summed E-state index contributed by atoms with van der Waals surface area (Å²) in [5.41, 5.74) is 0. The molecule has 1 aromatic rings. The van der Waals surface area contributed by atoms with Crippen molar-refractivity contribution in [1.29, 1.82) is 0 Å². The predicted molar refractivity (Wildman–Crippen MR) is 94.2 cm³/mol. The third-order valence-corrected chi connectivity index (χ3v) is 3.54. The smallest absolute Gasteiger partial charge is 0.123 e. The van der Waals surface area contributed by atoms with Gasteiger partial charge >= 0.3 is 0 Å². The van der Waals surface area contributed by atoms with Crippen molar-refractivity contribution < 1.29 is 14.2 Å². The standard InChI is InChI=1S/C20H29FO2/c1-2-3-4-5-6-7-8-9-10-11-12-19(22)17-23-20-15-13-18(21)14-16-20/h9-16,19,22H,2-8,17H2,1H3/b10-9-,12-11+/t19-/m1/s1. The van der Waals surface area contributed by atoms with Gasteiger partial charge in [-0.2, -0.15) is 0 Å². The molecule has 128 valence electrons. The van der Waals surface area contributed by atoms with Crippen LogP contribution in [-0.4, -0.2) is 17.8 Å². The van der Waals surface area contributed by atoms with Crippen LogP contribution in [-0.2, 0) is 0 Å². The van der Waals surface area contributed by atoms with Gasteiger partial charge in [-0.25, -0.2) is 4.39 Å². The first-order chi connectivity index (χ1) is 11.2. The number of aliphatic hydroxyl groups is 1. The van der Waals surface area contributed by atoms with Gasteiger partial charge in [0, 0.05) is 0 Å². The molecule has 2 nitrogen and oxygen atoms in total. The molecule has 0 amide bonds. The van der Waals surface area contributed by atoms with E-state index in [9.17, 15) is 9.50 Å². The summed E-state index contributed by atoms with van der Waals surface area (Å²) in [4.78, 5) is 0. The van der Waals surface area contributed by atoms with Crippen molar-refractivity contribution >= 4 is 0 Å². The van der Waals surface area contributed by atoms with E-state index in [0.29, 0.717) is 5.75 Å². The fraction of sp³-hybridized carbons (Fsp3) is 0.500. The highest BCUT2D eigenvalue weighted by Crippen LogP contribution is 2.11. The summed E-state index contributed by atoms with van der Waals surface area (Å²) in [6, 6.07) is 5.77. The molecule has 1 aromatic carbocycles. The predicted octanol–water partition coefficient (Wildman–Crippen LogP) is 5.43. The number of hydrogen-bond acceptors (Lipinski definition) is 2. The zero-order chi connectivity index (χ0) is 16.8. The second kappa shape index (κ2) is 12.9. The summed E-state index contributed by atoms with van der Waals surface area (Å²) < 4.78 is 18.1. The minimum atomic E-state index is -0.668. The maximum Gasteiger partial charge on any atom is 0.123 e. The Morgan fingerprint density at radius 2 is 1.74 bits per heavy atom. The Bertz CT molecular complexity index is 451. The van der Waals surface area contributed by atoms with Crippen LogP contribution in [0.5, 0.6) is 5.75 Å². The van der Waals surface area contributed by atoms with E-state index in [1.54, 1.807) is 18.2 Å². The Balaban J connectivity index is 2.06. The van der Waals surface area contributed by atoms with Crippen LogP contribution >= 0.6 is 0 Å². The fourth-order valence-electron chi connectivity index (χ4n) is 2.18. The molecule has 0 saturated heterocycles. The molecule has 0 spiro atoms. The maximum atomic E-state index is 12.7. The zero-order valence-corrected chi connectivity index (χ0v) is 14.1. The van der Waals surface area contributed by atoms with Gasteiger partial charge in [-0.05, 0) is 37.1 Å². The number of aliphatic hydroxyl groups excluding tert-OH is 1. The molecule has 23 heavy (non-hydrogen) atoms. The van der Waals surface area contributed by atoms with Crippen LogP contribution in [0.3, 0.4) is 0 Å². The summed E-state index contributed by atoms with van der Waals surface area (Å²) in [5.74, 6) is 0.255. The molecule has 0 aliphatic carbocycles. The van der Waals surface area contributed by atoms with Gasteiger partial charge in [0.15, 0.2) is 0 Å². The van der Waals surface area contributed by atoms with Crippen molar-refractivity contribution in [2.75, 3.05) is 6.61 Å². The number of halogens is 1. The van der Waals surface area contributed by atoms with Gasteiger partial charge in [0.05, 0.1) is 0 Å². The van der Waals surface area contributed by atoms with Crippen molar-refractivity contribution in [1.82, 2.24) is 0 Å². The third-order valence-electron chi connectivity index (χ3n) is 3.54. The van der Waals surface area contributed by atoms with Crippen molar-refractivity contribution in [2.45, 2.75) is 58.0 Å². The molecule has 0 aliphatic heterocycles. The van der Waals surface area contributed by atoms with E-state index in [1.165, 1.54) is 50.7 Å². The number of benzene rings is 1. The molecule has 0 saturated carbocycles. The first-order valence-corrected chi connectivity index (χ1v) is 8.62. The molecule has 0 bridgehead atoms. The molecule has 0 radical (unpaired) electrons. The Hall–Kier alpha value is -1.61. The van der Waals surface area contributed by atoms with Crippen molar-refractivity contribution in [3.63, 3.8) is 0 Å². The first-order valence-electron chi connectivity index (χ1n) is 8.62. The highest BCUT2D eigenvalue weighted by molar-refractivity contribution is 5.22. The minimum Gasteiger partial charge on any atom is -0.491 e. The number of allylic oxidation sites excluding steroid dienone is 3. The molecule has 3 heteroatoms. The average Bonchev–Trinajstić information content (AvgIpc) is 2.56. The van der Waals surface area contributed by atoms with Gasteiger partial charge in [-0.3, -0.25) is 0 Å². The second-order valence-electron chi connectivity index (χ2n) is 5.70. The summed E-state index contributed by atoms with van der Waals surface area (Å²) >= 11 is 0. The third kappa shape index (κ3) is 10.7. The summed E-state index contributed by atoms with van der Waals surface area (Å²) in [5, 5.41) is 9.77. The lowest BCUT2D eigenvalue weighted by Gasteiger charge is -2.08.